The van der Waals surface area contributed by atoms with E-state index in [1.165, 1.54) is 5.56 Å². The molecule has 136 valence electrons. The van der Waals surface area contributed by atoms with Crippen molar-refractivity contribution in [2.24, 2.45) is 5.73 Å². The number of pyridine rings is 1. The van der Waals surface area contributed by atoms with Crippen LogP contribution in [0.3, 0.4) is 0 Å². The van der Waals surface area contributed by atoms with Gasteiger partial charge in [0.25, 0.3) is 0 Å². The molecule has 0 aliphatic carbocycles. The second-order valence-corrected chi connectivity index (χ2v) is 6.95. The molecule has 5 aromatic rings. The average molecular weight is 365 g/mol. The van der Waals surface area contributed by atoms with Crippen molar-refractivity contribution >= 4 is 16.6 Å². The number of fused-ring (bicyclic) bond motifs is 2. The highest BCUT2D eigenvalue weighted by Crippen LogP contribution is 2.31. The SMILES string of the molecule is Cc1ccc(-c2cnc3c(-c4ccnc5cc(CN)ccc45)cnn3c2)cc1. The molecule has 0 aliphatic rings. The molecule has 0 unspecified atom stereocenters. The number of hydrogen-bond acceptors (Lipinski definition) is 4. The minimum absolute atomic E-state index is 0.502. The van der Waals surface area contributed by atoms with Gasteiger partial charge in [-0.05, 0) is 35.7 Å². The van der Waals surface area contributed by atoms with Crippen molar-refractivity contribution < 1.29 is 0 Å². The van der Waals surface area contributed by atoms with Crippen LogP contribution in [0.1, 0.15) is 11.1 Å². The summed E-state index contributed by atoms with van der Waals surface area (Å²) >= 11 is 0. The summed E-state index contributed by atoms with van der Waals surface area (Å²) in [5.41, 5.74) is 14.0. The maximum atomic E-state index is 5.77. The molecular formula is C23H19N5. The summed E-state index contributed by atoms with van der Waals surface area (Å²) in [5, 5.41) is 5.62. The summed E-state index contributed by atoms with van der Waals surface area (Å²) in [6.45, 7) is 2.59. The van der Waals surface area contributed by atoms with Crippen molar-refractivity contribution in [2.45, 2.75) is 13.5 Å². The van der Waals surface area contributed by atoms with Gasteiger partial charge in [-0.1, -0.05) is 42.0 Å². The van der Waals surface area contributed by atoms with Crippen molar-refractivity contribution in [2.75, 3.05) is 0 Å². The highest BCUT2D eigenvalue weighted by atomic mass is 15.2. The summed E-state index contributed by atoms with van der Waals surface area (Å²) in [6, 6.07) is 16.6. The third-order valence-electron chi connectivity index (χ3n) is 5.07. The van der Waals surface area contributed by atoms with Crippen LogP contribution in [-0.2, 0) is 6.54 Å². The molecule has 0 radical (unpaired) electrons. The first-order valence-corrected chi connectivity index (χ1v) is 9.21. The Labute approximate surface area is 162 Å². The molecule has 0 saturated carbocycles. The molecule has 0 atom stereocenters. The zero-order valence-electron chi connectivity index (χ0n) is 15.5. The first-order chi connectivity index (χ1) is 13.7. The molecule has 3 aromatic heterocycles. The minimum Gasteiger partial charge on any atom is -0.326 e. The Bertz CT molecular complexity index is 1300. The predicted octanol–water partition coefficient (Wildman–Crippen LogP) is 4.38. The van der Waals surface area contributed by atoms with Gasteiger partial charge in [-0.3, -0.25) is 4.98 Å². The van der Waals surface area contributed by atoms with E-state index in [9.17, 15) is 0 Å². The number of nitrogens with zero attached hydrogens (tertiary/aromatic N) is 4. The van der Waals surface area contributed by atoms with Crippen molar-refractivity contribution in [3.63, 3.8) is 0 Å². The van der Waals surface area contributed by atoms with Gasteiger partial charge in [-0.15, -0.1) is 0 Å². The van der Waals surface area contributed by atoms with Gasteiger partial charge in [0, 0.05) is 41.6 Å². The Balaban J connectivity index is 1.64. The Hall–Kier alpha value is -3.57. The van der Waals surface area contributed by atoms with Gasteiger partial charge in [0.15, 0.2) is 5.65 Å². The van der Waals surface area contributed by atoms with Crippen molar-refractivity contribution in [3.05, 3.63) is 84.4 Å². The Morgan fingerprint density at radius 3 is 2.57 bits per heavy atom. The summed E-state index contributed by atoms with van der Waals surface area (Å²) in [7, 11) is 0. The molecule has 2 N–H and O–H groups in total. The number of benzene rings is 2. The minimum atomic E-state index is 0.502. The van der Waals surface area contributed by atoms with Crippen LogP contribution in [0.25, 0.3) is 38.8 Å². The molecule has 0 bridgehead atoms. The lowest BCUT2D eigenvalue weighted by atomic mass is 10.0. The molecule has 5 heteroatoms. The fourth-order valence-corrected chi connectivity index (χ4v) is 3.52. The van der Waals surface area contributed by atoms with Crippen LogP contribution in [0.2, 0.25) is 0 Å². The Morgan fingerprint density at radius 1 is 0.893 bits per heavy atom. The predicted molar refractivity (Wildman–Crippen MR) is 112 cm³/mol. The normalized spacial score (nSPS) is 11.4. The van der Waals surface area contributed by atoms with Crippen LogP contribution >= 0.6 is 0 Å². The zero-order valence-corrected chi connectivity index (χ0v) is 15.5. The number of nitrogens with two attached hydrogens (primary N) is 1. The summed E-state index contributed by atoms with van der Waals surface area (Å²) in [5.74, 6) is 0. The molecule has 0 spiro atoms. The van der Waals surface area contributed by atoms with E-state index in [2.05, 4.69) is 47.3 Å². The first kappa shape index (κ1) is 16.6. The molecule has 2 aromatic carbocycles. The van der Waals surface area contributed by atoms with E-state index < -0.39 is 0 Å². The van der Waals surface area contributed by atoms with E-state index in [0.717, 1.165) is 44.4 Å². The topological polar surface area (TPSA) is 69.1 Å². The monoisotopic (exact) mass is 365 g/mol. The van der Waals surface area contributed by atoms with Crippen molar-refractivity contribution in [1.82, 2.24) is 19.6 Å². The van der Waals surface area contributed by atoms with Crippen LogP contribution in [0.5, 0.6) is 0 Å². The number of aryl methyl sites for hydroxylation is 1. The zero-order chi connectivity index (χ0) is 19.1. The molecule has 28 heavy (non-hydrogen) atoms. The van der Waals surface area contributed by atoms with Crippen LogP contribution in [0.4, 0.5) is 0 Å². The molecule has 0 aliphatic heterocycles. The van der Waals surface area contributed by atoms with Gasteiger partial charge in [-0.25, -0.2) is 9.50 Å². The van der Waals surface area contributed by atoms with Gasteiger partial charge in [0.05, 0.1) is 11.7 Å². The molecule has 0 fully saturated rings. The van der Waals surface area contributed by atoms with E-state index >= 15 is 0 Å². The standard InChI is InChI=1S/C23H19N5/c1-15-2-5-17(6-3-15)18-12-26-23-21(13-27-28(23)14-18)19-8-9-25-22-10-16(11-24)4-7-20(19)22/h2-10,12-14H,11,24H2,1H3. The van der Waals surface area contributed by atoms with Gasteiger partial charge in [-0.2, -0.15) is 5.10 Å². The lowest BCUT2D eigenvalue weighted by Gasteiger charge is -2.07. The van der Waals surface area contributed by atoms with Gasteiger partial charge in [0.2, 0.25) is 0 Å². The highest BCUT2D eigenvalue weighted by molar-refractivity contribution is 5.97. The third-order valence-corrected chi connectivity index (χ3v) is 5.07. The lowest BCUT2D eigenvalue weighted by Crippen LogP contribution is -1.96. The first-order valence-electron chi connectivity index (χ1n) is 9.21. The molecule has 0 amide bonds. The van der Waals surface area contributed by atoms with E-state index in [0.29, 0.717) is 6.54 Å². The second-order valence-electron chi connectivity index (χ2n) is 6.95. The number of aromatic nitrogens is 4. The van der Waals surface area contributed by atoms with Crippen LogP contribution < -0.4 is 5.73 Å². The smallest absolute Gasteiger partial charge is 0.162 e. The summed E-state index contributed by atoms with van der Waals surface area (Å²) in [6.07, 6.45) is 7.61. The number of hydrogen-bond donors (Lipinski definition) is 1. The van der Waals surface area contributed by atoms with Crippen LogP contribution in [0.15, 0.2) is 73.3 Å². The van der Waals surface area contributed by atoms with E-state index in [1.807, 2.05) is 47.5 Å². The van der Waals surface area contributed by atoms with Crippen molar-refractivity contribution in [1.29, 1.82) is 0 Å². The average Bonchev–Trinajstić information content (AvgIpc) is 3.16. The molecule has 5 rings (SSSR count). The summed E-state index contributed by atoms with van der Waals surface area (Å²) < 4.78 is 1.84. The quantitative estimate of drug-likeness (QED) is 0.515. The fraction of sp³-hybridized carbons (Fsp3) is 0.0870. The summed E-state index contributed by atoms with van der Waals surface area (Å²) in [4.78, 5) is 9.21. The second kappa shape index (κ2) is 6.55. The van der Waals surface area contributed by atoms with E-state index in [1.54, 1.807) is 0 Å². The van der Waals surface area contributed by atoms with Gasteiger partial charge in [0.1, 0.15) is 0 Å². The largest absolute Gasteiger partial charge is 0.326 e. The van der Waals surface area contributed by atoms with Crippen LogP contribution in [0, 0.1) is 6.92 Å². The lowest BCUT2D eigenvalue weighted by molar-refractivity contribution is 0.941. The fourth-order valence-electron chi connectivity index (χ4n) is 3.52. The number of rotatable bonds is 3. The van der Waals surface area contributed by atoms with Gasteiger partial charge < -0.3 is 5.73 Å². The maximum absolute atomic E-state index is 5.77. The molecule has 0 saturated heterocycles. The van der Waals surface area contributed by atoms with Gasteiger partial charge >= 0.3 is 0 Å². The van der Waals surface area contributed by atoms with Crippen molar-refractivity contribution in [3.8, 4) is 22.3 Å². The van der Waals surface area contributed by atoms with Crippen LogP contribution in [-0.4, -0.2) is 19.6 Å². The van der Waals surface area contributed by atoms with E-state index in [-0.39, 0.29) is 0 Å². The highest BCUT2D eigenvalue weighted by Gasteiger charge is 2.12. The third kappa shape index (κ3) is 2.73. The Kier molecular flexibility index (Phi) is 3.88. The molecular weight excluding hydrogens is 346 g/mol. The Morgan fingerprint density at radius 2 is 1.75 bits per heavy atom. The van der Waals surface area contributed by atoms with E-state index in [4.69, 9.17) is 10.7 Å². The molecule has 5 nitrogen and oxygen atoms in total. The molecule has 3 heterocycles. The maximum Gasteiger partial charge on any atom is 0.162 e.